The van der Waals surface area contributed by atoms with Crippen LogP contribution in [0.1, 0.15) is 0 Å². The highest BCUT2D eigenvalue weighted by molar-refractivity contribution is 8.85. The van der Waals surface area contributed by atoms with E-state index in [0.29, 0.717) is 0 Å². The van der Waals surface area contributed by atoms with Gasteiger partial charge in [-0.2, -0.15) is 8.42 Å². The SMILES string of the molecule is O=P(O)(O)P(=O)(P(=O)(O)O)P(=O)(O)O.O=S(=O)(O)O. The maximum atomic E-state index is 11.0. The van der Waals surface area contributed by atoms with Gasteiger partial charge in [-0.15, -0.1) is 0 Å². The zero-order chi connectivity index (χ0) is 16.5. The average Bonchev–Trinajstić information content (AvgIpc) is 1.92. The van der Waals surface area contributed by atoms with Gasteiger partial charge in [-0.3, -0.25) is 27.4 Å². The Morgan fingerprint density at radius 1 is 0.579 bits per heavy atom. The minimum absolute atomic E-state index is 4.67. The molecule has 0 aromatic carbocycles. The first-order valence-electron chi connectivity index (χ1n) is 3.23. The summed E-state index contributed by atoms with van der Waals surface area (Å²) in [6.07, 6.45) is -6.27. The van der Waals surface area contributed by atoms with Crippen LogP contribution in [0.4, 0.5) is 0 Å². The van der Waals surface area contributed by atoms with Crippen LogP contribution in [0.3, 0.4) is 0 Å². The van der Waals surface area contributed by atoms with Gasteiger partial charge in [0.25, 0.3) is 0 Å². The van der Waals surface area contributed by atoms with Crippen LogP contribution in [-0.2, 0) is 28.7 Å². The first-order chi connectivity index (χ1) is 7.75. The first kappa shape index (κ1) is 21.8. The third-order valence-corrected chi connectivity index (χ3v) is 21.7. The number of hydrogen-bond donors (Lipinski definition) is 8. The fourth-order valence-electron chi connectivity index (χ4n) is 0.455. The Bertz CT molecular complexity index is 518. The first-order valence-corrected chi connectivity index (χ1v) is 13.3. The molecule has 0 saturated carbocycles. The van der Waals surface area contributed by atoms with E-state index in [1.54, 1.807) is 0 Å². The lowest BCUT2D eigenvalue weighted by atomic mass is 15.8. The molecule has 0 heterocycles. The maximum Gasteiger partial charge on any atom is 0.405 e. The van der Waals surface area contributed by atoms with Gasteiger partial charge >= 0.3 is 38.5 Å². The van der Waals surface area contributed by atoms with E-state index in [0.717, 1.165) is 0 Å². The summed E-state index contributed by atoms with van der Waals surface area (Å²) in [5, 5.41) is 0. The summed E-state index contributed by atoms with van der Waals surface area (Å²) >= 11 is 0. The van der Waals surface area contributed by atoms with Gasteiger partial charge in [0.15, 0.2) is 0 Å². The van der Waals surface area contributed by atoms with Crippen LogP contribution < -0.4 is 0 Å². The van der Waals surface area contributed by atoms with Crippen LogP contribution >= 0.6 is 28.1 Å². The summed E-state index contributed by atoms with van der Waals surface area (Å²) < 4.78 is 73.8. The Morgan fingerprint density at radius 2 is 0.684 bits per heavy atom. The van der Waals surface area contributed by atoms with Crippen LogP contribution in [0.15, 0.2) is 0 Å². The van der Waals surface area contributed by atoms with Crippen molar-refractivity contribution >= 4 is 38.5 Å². The average molecular weight is 388 g/mol. The Kier molecular flexibility index (Phi) is 7.04. The molecule has 14 nitrogen and oxygen atoms in total. The van der Waals surface area contributed by atoms with Gasteiger partial charge in [0, 0.05) is 0 Å². The predicted molar refractivity (Wildman–Crippen MR) is 57.9 cm³/mol. The third-order valence-electron chi connectivity index (χ3n) is 1.02. The molecule has 0 unspecified atom stereocenters. The Hall–Kier alpha value is 0.550. The molecule has 0 rings (SSSR count). The molecule has 8 N–H and O–H groups in total. The molecule has 0 bridgehead atoms. The van der Waals surface area contributed by atoms with Crippen LogP contribution in [0.5, 0.6) is 0 Å². The van der Waals surface area contributed by atoms with E-state index in [9.17, 15) is 18.3 Å². The Morgan fingerprint density at radius 3 is 0.684 bits per heavy atom. The molecular weight excluding hydrogens is 380 g/mol. The monoisotopic (exact) mass is 388 g/mol. The van der Waals surface area contributed by atoms with Crippen molar-refractivity contribution in [2.75, 3.05) is 0 Å². The number of rotatable bonds is 3. The molecule has 0 aromatic heterocycles. The molecule has 0 atom stereocenters. The molecule has 118 valence electrons. The van der Waals surface area contributed by atoms with Crippen molar-refractivity contribution in [1.82, 2.24) is 0 Å². The molecule has 0 saturated heterocycles. The predicted octanol–water partition coefficient (Wildman–Crippen LogP) is -1.03. The highest BCUT2D eigenvalue weighted by atomic mass is 32.8. The van der Waals surface area contributed by atoms with Gasteiger partial charge in [-0.05, 0) is 0 Å². The van der Waals surface area contributed by atoms with Crippen LogP contribution in [0.2, 0.25) is 0 Å². The van der Waals surface area contributed by atoms with E-state index < -0.39 is 38.5 Å². The molecule has 0 radical (unpaired) electrons. The van der Waals surface area contributed by atoms with Crippen molar-refractivity contribution in [3.63, 3.8) is 0 Å². The lowest BCUT2D eigenvalue weighted by molar-refractivity contribution is 0.371. The van der Waals surface area contributed by atoms with Gasteiger partial charge in [-0.25, -0.2) is 0 Å². The zero-order valence-electron chi connectivity index (χ0n) is 8.22. The van der Waals surface area contributed by atoms with E-state index in [2.05, 4.69) is 0 Å². The summed E-state index contributed by atoms with van der Waals surface area (Å²) in [6, 6.07) is 0. The Labute approximate surface area is 104 Å². The normalized spacial score (nSPS) is 14.5. The van der Waals surface area contributed by atoms with Gasteiger partial charge in [0.2, 0.25) is 0 Å². The Balaban J connectivity index is 0. The summed E-state index contributed by atoms with van der Waals surface area (Å²) in [5.41, 5.74) is 0. The maximum absolute atomic E-state index is 11.0. The van der Waals surface area contributed by atoms with Gasteiger partial charge in [0.1, 0.15) is 0 Å². The second-order valence-corrected chi connectivity index (χ2v) is 20.1. The van der Waals surface area contributed by atoms with Crippen LogP contribution in [0, 0.1) is 0 Å². The second-order valence-electron chi connectivity index (χ2n) is 2.50. The molecular formula is H8O14P4S. The van der Waals surface area contributed by atoms with E-state index in [1.807, 2.05) is 0 Å². The lowest BCUT2D eigenvalue weighted by Gasteiger charge is -2.20. The summed E-state index contributed by atoms with van der Waals surface area (Å²) in [5.74, 6) is 0. The zero-order valence-corrected chi connectivity index (χ0v) is 12.6. The van der Waals surface area contributed by atoms with Gasteiger partial charge in [0.05, 0.1) is 0 Å². The molecule has 19 heavy (non-hydrogen) atoms. The molecule has 0 aliphatic heterocycles. The standard InChI is InChI=1S/H6O10P4.H2O4S/c1-11(2,3)14(10,12(4,5)6)13(7,8)9;1-5(2,3)4/h(H2,1,2,3)(H2,4,5,6)(H2,7,8,9);(H2,1,2,3,4). The lowest BCUT2D eigenvalue weighted by Crippen LogP contribution is -1.89. The van der Waals surface area contributed by atoms with Crippen molar-refractivity contribution in [1.29, 1.82) is 0 Å². The van der Waals surface area contributed by atoms with Gasteiger partial charge < -0.3 is 29.4 Å². The van der Waals surface area contributed by atoms with Crippen molar-refractivity contribution in [2.45, 2.75) is 0 Å². The smallest absolute Gasteiger partial charge is 0.318 e. The third kappa shape index (κ3) is 6.69. The van der Waals surface area contributed by atoms with Crippen molar-refractivity contribution in [3.8, 4) is 0 Å². The largest absolute Gasteiger partial charge is 0.405 e. The fraction of sp³-hybridized carbons (Fsp3) is 0. The minimum Gasteiger partial charge on any atom is -0.318 e. The summed E-state index contributed by atoms with van der Waals surface area (Å²) in [7, 11) is -23.0. The minimum atomic E-state index is -6.27. The van der Waals surface area contributed by atoms with E-state index >= 15 is 0 Å². The highest BCUT2D eigenvalue weighted by Crippen LogP contribution is 3.08. The molecule has 0 amide bonds. The number of hydrogen-bond acceptors (Lipinski definition) is 6. The summed E-state index contributed by atoms with van der Waals surface area (Å²) in [6.45, 7) is 0. The highest BCUT2D eigenvalue weighted by Gasteiger charge is 2.68. The van der Waals surface area contributed by atoms with E-state index in [-0.39, 0.29) is 0 Å². The molecule has 0 aromatic rings. The molecule has 0 aliphatic rings. The molecule has 0 fully saturated rings. The summed E-state index contributed by atoms with van der Waals surface area (Å²) in [4.78, 5) is 49.6. The van der Waals surface area contributed by atoms with Crippen molar-refractivity contribution in [2.24, 2.45) is 0 Å². The molecule has 0 aliphatic carbocycles. The molecule has 19 heteroatoms. The molecule has 0 spiro atoms. The second kappa shape index (κ2) is 6.12. The topological polar surface area (TPSA) is 264 Å². The van der Waals surface area contributed by atoms with Gasteiger partial charge in [-0.1, -0.05) is 0 Å². The van der Waals surface area contributed by atoms with Crippen molar-refractivity contribution < 1.29 is 65.1 Å². The van der Waals surface area contributed by atoms with Crippen LogP contribution in [-0.4, -0.2) is 46.9 Å². The van der Waals surface area contributed by atoms with Crippen LogP contribution in [0.25, 0.3) is 0 Å². The van der Waals surface area contributed by atoms with E-state index in [4.69, 9.17) is 46.9 Å². The van der Waals surface area contributed by atoms with Crippen molar-refractivity contribution in [3.05, 3.63) is 0 Å². The quantitative estimate of drug-likeness (QED) is 0.212. The van der Waals surface area contributed by atoms with E-state index in [1.165, 1.54) is 0 Å². The fourth-order valence-corrected chi connectivity index (χ4v) is 12.3.